The molecule has 0 radical (unpaired) electrons. The minimum Gasteiger partial charge on any atom is -0.347 e. The number of anilines is 1. The summed E-state index contributed by atoms with van der Waals surface area (Å²) in [5.74, 6) is 0.0427. The van der Waals surface area contributed by atoms with E-state index < -0.39 is 0 Å². The van der Waals surface area contributed by atoms with E-state index >= 15 is 0 Å². The zero-order chi connectivity index (χ0) is 20.1. The summed E-state index contributed by atoms with van der Waals surface area (Å²) in [4.78, 5) is 24.4. The molecule has 6 nitrogen and oxygen atoms in total. The molecule has 2 rings (SSSR count). The molecule has 0 saturated carbocycles. The fourth-order valence-electron chi connectivity index (χ4n) is 2.88. The van der Waals surface area contributed by atoms with Crippen LogP contribution in [0.5, 0.6) is 0 Å². The van der Waals surface area contributed by atoms with Crippen molar-refractivity contribution in [3.05, 3.63) is 45.2 Å². The standard InChI is InChI=1S/C20H27BrN4O2/c1-12(2)11-25-15(5)17(14(4)24-25)9-19(26)22-10-20(27)23-18-7-6-16(21)8-13(18)3/h6-8,12H,9-11H2,1-5H3,(H,22,26)(H,23,27). The monoisotopic (exact) mass is 434 g/mol. The zero-order valence-electron chi connectivity index (χ0n) is 16.5. The molecule has 0 fully saturated rings. The number of benzene rings is 1. The quantitative estimate of drug-likeness (QED) is 0.699. The molecular weight excluding hydrogens is 408 g/mol. The normalized spacial score (nSPS) is 10.9. The predicted octanol–water partition coefficient (Wildman–Crippen LogP) is 3.52. The molecule has 0 unspecified atom stereocenters. The van der Waals surface area contributed by atoms with Gasteiger partial charge in [-0.2, -0.15) is 5.10 Å². The van der Waals surface area contributed by atoms with E-state index in [1.165, 1.54) is 0 Å². The summed E-state index contributed by atoms with van der Waals surface area (Å²) in [6.07, 6.45) is 0.223. The molecule has 0 aliphatic heterocycles. The molecule has 1 aromatic heterocycles. The maximum absolute atomic E-state index is 12.3. The van der Waals surface area contributed by atoms with Gasteiger partial charge in [-0.1, -0.05) is 29.8 Å². The Kier molecular flexibility index (Phi) is 7.18. The molecule has 0 atom stereocenters. The number of nitrogens with zero attached hydrogens (tertiary/aromatic N) is 2. The Hall–Kier alpha value is -2.15. The van der Waals surface area contributed by atoms with E-state index in [9.17, 15) is 9.59 Å². The third-order valence-electron chi connectivity index (χ3n) is 4.32. The highest BCUT2D eigenvalue weighted by atomic mass is 79.9. The van der Waals surface area contributed by atoms with Gasteiger partial charge in [0.05, 0.1) is 18.7 Å². The lowest BCUT2D eigenvalue weighted by atomic mass is 10.1. The number of amides is 2. The summed E-state index contributed by atoms with van der Waals surface area (Å²) in [6, 6.07) is 5.62. The van der Waals surface area contributed by atoms with Gasteiger partial charge in [0, 0.05) is 28.0 Å². The van der Waals surface area contributed by atoms with Crippen LogP contribution in [-0.4, -0.2) is 28.1 Å². The number of halogens is 1. The highest BCUT2D eigenvalue weighted by Gasteiger charge is 2.16. The van der Waals surface area contributed by atoms with Crippen molar-refractivity contribution in [2.75, 3.05) is 11.9 Å². The Labute approximate surface area is 168 Å². The van der Waals surface area contributed by atoms with Gasteiger partial charge < -0.3 is 10.6 Å². The van der Waals surface area contributed by atoms with Crippen LogP contribution in [0.15, 0.2) is 22.7 Å². The Morgan fingerprint density at radius 2 is 1.89 bits per heavy atom. The summed E-state index contributed by atoms with van der Waals surface area (Å²) in [5.41, 5.74) is 4.48. The first-order chi connectivity index (χ1) is 12.7. The first-order valence-corrected chi connectivity index (χ1v) is 9.82. The SMILES string of the molecule is Cc1cc(Br)ccc1NC(=O)CNC(=O)Cc1c(C)nn(CC(C)C)c1C. The molecule has 0 saturated heterocycles. The van der Waals surface area contributed by atoms with E-state index in [1.807, 2.05) is 43.7 Å². The molecule has 0 aliphatic rings. The van der Waals surface area contributed by atoms with Crippen molar-refractivity contribution in [1.29, 1.82) is 0 Å². The van der Waals surface area contributed by atoms with E-state index in [2.05, 4.69) is 45.5 Å². The number of carbonyl (C=O) groups is 2. The van der Waals surface area contributed by atoms with Gasteiger partial charge in [-0.25, -0.2) is 0 Å². The van der Waals surface area contributed by atoms with Gasteiger partial charge in [-0.3, -0.25) is 14.3 Å². The molecule has 0 spiro atoms. The Morgan fingerprint density at radius 1 is 1.19 bits per heavy atom. The van der Waals surface area contributed by atoms with E-state index in [1.54, 1.807) is 0 Å². The maximum Gasteiger partial charge on any atom is 0.243 e. The van der Waals surface area contributed by atoms with Crippen LogP contribution in [0.25, 0.3) is 0 Å². The number of aryl methyl sites for hydroxylation is 2. The fraction of sp³-hybridized carbons (Fsp3) is 0.450. The van der Waals surface area contributed by atoms with Crippen LogP contribution < -0.4 is 10.6 Å². The lowest BCUT2D eigenvalue weighted by Crippen LogP contribution is -2.34. The summed E-state index contributed by atoms with van der Waals surface area (Å²) in [5, 5.41) is 10.0. The van der Waals surface area contributed by atoms with Crippen LogP contribution in [0, 0.1) is 26.7 Å². The third-order valence-corrected chi connectivity index (χ3v) is 4.81. The third kappa shape index (κ3) is 5.92. The van der Waals surface area contributed by atoms with Gasteiger partial charge in [0.15, 0.2) is 0 Å². The second-order valence-corrected chi connectivity index (χ2v) is 8.10. The van der Waals surface area contributed by atoms with Gasteiger partial charge in [0.25, 0.3) is 0 Å². The number of nitrogens with one attached hydrogen (secondary N) is 2. The topological polar surface area (TPSA) is 76.0 Å². The zero-order valence-corrected chi connectivity index (χ0v) is 18.1. The van der Waals surface area contributed by atoms with Crippen molar-refractivity contribution in [1.82, 2.24) is 15.1 Å². The molecule has 1 heterocycles. The summed E-state index contributed by atoms with van der Waals surface area (Å²) < 4.78 is 2.90. The van der Waals surface area contributed by atoms with E-state index in [4.69, 9.17) is 0 Å². The average Bonchev–Trinajstić information content (AvgIpc) is 2.82. The van der Waals surface area contributed by atoms with Crippen molar-refractivity contribution in [2.24, 2.45) is 5.92 Å². The molecule has 2 N–H and O–H groups in total. The smallest absolute Gasteiger partial charge is 0.243 e. The fourth-order valence-corrected chi connectivity index (χ4v) is 3.35. The summed E-state index contributed by atoms with van der Waals surface area (Å²) in [6.45, 7) is 10.8. The number of hydrogen-bond donors (Lipinski definition) is 2. The van der Waals surface area contributed by atoms with Crippen molar-refractivity contribution in [2.45, 2.75) is 47.6 Å². The van der Waals surface area contributed by atoms with Gasteiger partial charge in [0.1, 0.15) is 0 Å². The first-order valence-electron chi connectivity index (χ1n) is 9.03. The highest BCUT2D eigenvalue weighted by molar-refractivity contribution is 9.10. The molecule has 2 amide bonds. The minimum atomic E-state index is -0.252. The minimum absolute atomic E-state index is 0.0629. The van der Waals surface area contributed by atoms with Gasteiger partial charge in [0.2, 0.25) is 11.8 Å². The lowest BCUT2D eigenvalue weighted by Gasteiger charge is -2.10. The molecule has 27 heavy (non-hydrogen) atoms. The molecule has 7 heteroatoms. The van der Waals surface area contributed by atoms with Crippen LogP contribution >= 0.6 is 15.9 Å². The lowest BCUT2D eigenvalue weighted by molar-refractivity contribution is -0.123. The second-order valence-electron chi connectivity index (χ2n) is 7.19. The Morgan fingerprint density at radius 3 is 2.52 bits per heavy atom. The second kappa shape index (κ2) is 9.17. The molecule has 146 valence electrons. The van der Waals surface area contributed by atoms with Crippen LogP contribution in [0.2, 0.25) is 0 Å². The van der Waals surface area contributed by atoms with Gasteiger partial charge in [-0.15, -0.1) is 0 Å². The summed E-state index contributed by atoms with van der Waals surface area (Å²) in [7, 11) is 0. The number of rotatable bonds is 7. The van der Waals surface area contributed by atoms with Crippen molar-refractivity contribution in [3.8, 4) is 0 Å². The molecule has 0 bridgehead atoms. The number of hydrogen-bond acceptors (Lipinski definition) is 3. The average molecular weight is 435 g/mol. The van der Waals surface area contributed by atoms with E-state index in [-0.39, 0.29) is 24.8 Å². The van der Waals surface area contributed by atoms with Crippen LogP contribution in [-0.2, 0) is 22.6 Å². The first kappa shape index (κ1) is 21.2. The van der Waals surface area contributed by atoms with Gasteiger partial charge >= 0.3 is 0 Å². The van der Waals surface area contributed by atoms with E-state index in [0.29, 0.717) is 5.92 Å². The Balaban J connectivity index is 1.91. The number of aromatic nitrogens is 2. The molecule has 1 aromatic carbocycles. The van der Waals surface area contributed by atoms with Crippen LogP contribution in [0.1, 0.15) is 36.4 Å². The largest absolute Gasteiger partial charge is 0.347 e. The van der Waals surface area contributed by atoms with Crippen LogP contribution in [0.4, 0.5) is 5.69 Å². The van der Waals surface area contributed by atoms with Crippen molar-refractivity contribution in [3.63, 3.8) is 0 Å². The van der Waals surface area contributed by atoms with Gasteiger partial charge in [-0.05, 0) is 50.5 Å². The Bertz CT molecular complexity index is 843. The predicted molar refractivity (Wildman–Crippen MR) is 111 cm³/mol. The molecular formula is C20H27BrN4O2. The van der Waals surface area contributed by atoms with E-state index in [0.717, 1.165) is 39.2 Å². The highest BCUT2D eigenvalue weighted by Crippen LogP contribution is 2.20. The van der Waals surface area contributed by atoms with Crippen molar-refractivity contribution >= 4 is 33.4 Å². The number of carbonyl (C=O) groups excluding carboxylic acids is 2. The molecule has 2 aromatic rings. The molecule has 0 aliphatic carbocycles. The van der Waals surface area contributed by atoms with Crippen LogP contribution in [0.3, 0.4) is 0 Å². The maximum atomic E-state index is 12.3. The summed E-state index contributed by atoms with van der Waals surface area (Å²) >= 11 is 3.39. The van der Waals surface area contributed by atoms with Crippen molar-refractivity contribution < 1.29 is 9.59 Å².